The van der Waals surface area contributed by atoms with Gasteiger partial charge in [0.25, 0.3) is 5.91 Å². The molecule has 3 rings (SSSR count). The number of anilines is 1. The lowest BCUT2D eigenvalue weighted by atomic mass is 10.2. The molecule has 1 fully saturated rings. The second kappa shape index (κ2) is 8.38. The van der Waals surface area contributed by atoms with Crippen molar-refractivity contribution in [2.45, 2.75) is 30.8 Å². The van der Waals surface area contributed by atoms with E-state index in [2.05, 4.69) is 5.32 Å². The maximum Gasteiger partial charge on any atom is 0.265 e. The van der Waals surface area contributed by atoms with Crippen LogP contribution >= 0.6 is 11.6 Å². The van der Waals surface area contributed by atoms with Gasteiger partial charge in [0.15, 0.2) is 6.10 Å². The molecule has 0 radical (unpaired) electrons. The molecule has 0 saturated carbocycles. The quantitative estimate of drug-likeness (QED) is 0.694. The second-order valence-electron chi connectivity index (χ2n) is 6.49. The lowest BCUT2D eigenvalue weighted by Crippen LogP contribution is -2.30. The van der Waals surface area contributed by atoms with Crippen molar-refractivity contribution in [2.24, 2.45) is 0 Å². The fourth-order valence-corrected chi connectivity index (χ4v) is 4.53. The molecular weight excluding hydrogens is 404 g/mol. The van der Waals surface area contributed by atoms with Crippen LogP contribution in [0.3, 0.4) is 0 Å². The number of hydrogen-bond donors (Lipinski definition) is 2. The zero-order chi connectivity index (χ0) is 20.3. The van der Waals surface area contributed by atoms with Crippen LogP contribution in [-0.2, 0) is 14.8 Å². The van der Waals surface area contributed by atoms with Crippen molar-refractivity contribution in [3.63, 3.8) is 0 Å². The van der Waals surface area contributed by atoms with Gasteiger partial charge in [0, 0.05) is 18.1 Å². The maximum atomic E-state index is 12.7. The molecule has 0 spiro atoms. The number of carbonyl (C=O) groups excluding carboxylic acids is 1. The summed E-state index contributed by atoms with van der Waals surface area (Å²) < 4.78 is 32.3. The van der Waals surface area contributed by atoms with Crippen LogP contribution in [0.4, 0.5) is 5.69 Å². The van der Waals surface area contributed by atoms with Crippen LogP contribution < -0.4 is 10.1 Å². The predicted octanol–water partition coefficient (Wildman–Crippen LogP) is 3.24. The normalized spacial score (nSPS) is 15.9. The number of halogens is 1. The summed E-state index contributed by atoms with van der Waals surface area (Å²) >= 11 is 5.82. The molecule has 2 N–H and O–H groups in total. The first kappa shape index (κ1) is 20.4. The first-order valence-corrected chi connectivity index (χ1v) is 10.7. The molecule has 2 aromatic carbocycles. The zero-order valence-corrected chi connectivity index (χ0v) is 16.8. The number of nitrogens with one attached hydrogen (secondary N) is 1. The summed E-state index contributed by atoms with van der Waals surface area (Å²) in [5, 5.41) is 13.1. The second-order valence-corrected chi connectivity index (χ2v) is 8.87. The minimum atomic E-state index is -3.66. The van der Waals surface area contributed by atoms with E-state index in [1.54, 1.807) is 31.2 Å². The van der Waals surface area contributed by atoms with E-state index in [1.165, 1.54) is 22.5 Å². The Morgan fingerprint density at radius 3 is 2.46 bits per heavy atom. The number of hydrogen-bond acceptors (Lipinski definition) is 5. The van der Waals surface area contributed by atoms with Gasteiger partial charge in [-0.25, -0.2) is 8.42 Å². The summed E-state index contributed by atoms with van der Waals surface area (Å²) in [4.78, 5) is 12.4. The molecule has 0 unspecified atom stereocenters. The summed E-state index contributed by atoms with van der Waals surface area (Å²) in [7, 11) is -3.66. The van der Waals surface area contributed by atoms with Crippen molar-refractivity contribution in [1.82, 2.24) is 4.31 Å². The number of rotatable bonds is 6. The molecule has 28 heavy (non-hydrogen) atoms. The molecule has 0 aliphatic carbocycles. The highest BCUT2D eigenvalue weighted by atomic mass is 35.5. The SMILES string of the molecule is C[C@@H](Oc1ccc(Cl)cc1)C(=O)Nc1cc(S(=O)(=O)N2CCCC2)ccc1O. The van der Waals surface area contributed by atoms with Gasteiger partial charge in [0.1, 0.15) is 11.5 Å². The van der Waals surface area contributed by atoms with Gasteiger partial charge in [-0.15, -0.1) is 0 Å². The number of sulfonamides is 1. The van der Waals surface area contributed by atoms with Gasteiger partial charge >= 0.3 is 0 Å². The highest BCUT2D eigenvalue weighted by molar-refractivity contribution is 7.89. The molecule has 1 heterocycles. The standard InChI is InChI=1S/C19H21ClN2O5S/c1-13(27-15-6-4-14(20)5-7-15)19(24)21-17-12-16(8-9-18(17)23)28(25,26)22-10-2-3-11-22/h4-9,12-13,23H,2-3,10-11H2,1H3,(H,21,24)/t13-/m1/s1. The van der Waals surface area contributed by atoms with Gasteiger partial charge in [-0.3, -0.25) is 4.79 Å². The third-order valence-electron chi connectivity index (χ3n) is 4.42. The smallest absolute Gasteiger partial charge is 0.265 e. The molecule has 7 nitrogen and oxygen atoms in total. The van der Waals surface area contributed by atoms with Crippen LogP contribution in [0, 0.1) is 0 Å². The minimum Gasteiger partial charge on any atom is -0.506 e. The van der Waals surface area contributed by atoms with E-state index in [4.69, 9.17) is 16.3 Å². The molecule has 1 amide bonds. The summed E-state index contributed by atoms with van der Waals surface area (Å²) in [5.74, 6) is -0.296. The van der Waals surface area contributed by atoms with Gasteiger partial charge in [0.05, 0.1) is 10.6 Å². The number of phenols is 1. The van der Waals surface area contributed by atoms with Crippen molar-refractivity contribution in [3.05, 3.63) is 47.5 Å². The van der Waals surface area contributed by atoms with Crippen LogP contribution in [0.5, 0.6) is 11.5 Å². The van der Waals surface area contributed by atoms with Gasteiger partial charge in [-0.2, -0.15) is 4.31 Å². The Morgan fingerprint density at radius 1 is 1.18 bits per heavy atom. The van der Waals surface area contributed by atoms with Crippen LogP contribution in [-0.4, -0.2) is 42.9 Å². The van der Waals surface area contributed by atoms with Crippen LogP contribution in [0.25, 0.3) is 0 Å². The summed E-state index contributed by atoms with van der Waals surface area (Å²) in [6, 6.07) is 10.4. The maximum absolute atomic E-state index is 12.7. The van der Waals surface area contributed by atoms with Crippen LogP contribution in [0.15, 0.2) is 47.4 Å². The minimum absolute atomic E-state index is 0.0110. The molecular formula is C19H21ClN2O5S. The Balaban J connectivity index is 1.74. The van der Waals surface area contributed by atoms with E-state index in [0.717, 1.165) is 12.8 Å². The number of ether oxygens (including phenoxy) is 1. The average molecular weight is 425 g/mol. The average Bonchev–Trinajstić information content (AvgIpc) is 3.20. The molecule has 150 valence electrons. The van der Waals surface area contributed by atoms with Crippen molar-refractivity contribution in [2.75, 3.05) is 18.4 Å². The van der Waals surface area contributed by atoms with Gasteiger partial charge < -0.3 is 15.2 Å². The first-order chi connectivity index (χ1) is 13.3. The predicted molar refractivity (Wildman–Crippen MR) is 106 cm³/mol. The fraction of sp³-hybridized carbons (Fsp3) is 0.316. The highest BCUT2D eigenvalue weighted by Crippen LogP contribution is 2.29. The van der Waals surface area contributed by atoms with Gasteiger partial charge in [-0.1, -0.05) is 11.6 Å². The Bertz CT molecular complexity index is 957. The monoisotopic (exact) mass is 424 g/mol. The fourth-order valence-electron chi connectivity index (χ4n) is 2.86. The number of benzene rings is 2. The Hall–Kier alpha value is -2.29. The van der Waals surface area contributed by atoms with Crippen molar-refractivity contribution >= 4 is 33.2 Å². The number of amides is 1. The van der Waals surface area contributed by atoms with E-state index < -0.39 is 22.0 Å². The molecule has 0 aromatic heterocycles. The third-order valence-corrected chi connectivity index (χ3v) is 6.57. The number of aromatic hydroxyl groups is 1. The number of nitrogens with zero attached hydrogens (tertiary/aromatic N) is 1. The van der Waals surface area contributed by atoms with Crippen LogP contribution in [0.2, 0.25) is 5.02 Å². The highest BCUT2D eigenvalue weighted by Gasteiger charge is 2.28. The Morgan fingerprint density at radius 2 is 1.82 bits per heavy atom. The first-order valence-electron chi connectivity index (χ1n) is 8.83. The lowest BCUT2D eigenvalue weighted by Gasteiger charge is -2.18. The Kier molecular flexibility index (Phi) is 6.12. The lowest BCUT2D eigenvalue weighted by molar-refractivity contribution is -0.122. The van der Waals surface area contributed by atoms with Crippen LogP contribution in [0.1, 0.15) is 19.8 Å². The molecule has 1 aliphatic rings. The molecule has 0 bridgehead atoms. The summed E-state index contributed by atoms with van der Waals surface area (Å²) in [6.45, 7) is 2.49. The van der Waals surface area contributed by atoms with E-state index in [9.17, 15) is 18.3 Å². The molecule has 1 atom stereocenters. The van der Waals surface area contributed by atoms with Gasteiger partial charge in [0.2, 0.25) is 10.0 Å². The molecule has 1 saturated heterocycles. The summed E-state index contributed by atoms with van der Waals surface area (Å²) in [6.07, 6.45) is 0.764. The largest absolute Gasteiger partial charge is 0.506 e. The van der Waals surface area contributed by atoms with Crippen molar-refractivity contribution < 1.29 is 23.1 Å². The van der Waals surface area contributed by atoms with E-state index in [0.29, 0.717) is 23.9 Å². The Labute approximate surface area is 168 Å². The van der Waals surface area contributed by atoms with Crippen molar-refractivity contribution in [1.29, 1.82) is 0 Å². The molecule has 9 heteroatoms. The third kappa shape index (κ3) is 4.57. The summed E-state index contributed by atoms with van der Waals surface area (Å²) in [5.41, 5.74) is 0.0110. The van der Waals surface area contributed by atoms with E-state index in [-0.39, 0.29) is 16.3 Å². The van der Waals surface area contributed by atoms with Gasteiger partial charge in [-0.05, 0) is 62.2 Å². The molecule has 2 aromatic rings. The van der Waals surface area contributed by atoms with E-state index in [1.807, 2.05) is 0 Å². The molecule has 1 aliphatic heterocycles. The van der Waals surface area contributed by atoms with E-state index >= 15 is 0 Å². The zero-order valence-electron chi connectivity index (χ0n) is 15.3. The topological polar surface area (TPSA) is 95.9 Å². The number of carbonyl (C=O) groups is 1. The number of phenolic OH excluding ortho intramolecular Hbond substituents is 1. The van der Waals surface area contributed by atoms with Crippen molar-refractivity contribution in [3.8, 4) is 11.5 Å².